The summed E-state index contributed by atoms with van der Waals surface area (Å²) in [5.41, 5.74) is -0.119. The van der Waals surface area contributed by atoms with Crippen LogP contribution in [0.25, 0.3) is 0 Å². The van der Waals surface area contributed by atoms with E-state index in [9.17, 15) is 9.18 Å². The number of rotatable bonds is 3. The molecular formula is C11H14FNO3. The lowest BCUT2D eigenvalue weighted by atomic mass is 10.1. The maximum absolute atomic E-state index is 13.6. The van der Waals surface area contributed by atoms with Crippen molar-refractivity contribution < 1.29 is 18.7 Å². The second kappa shape index (κ2) is 4.83. The van der Waals surface area contributed by atoms with Crippen LogP contribution in [0.2, 0.25) is 0 Å². The predicted molar refractivity (Wildman–Crippen MR) is 57.5 cm³/mol. The summed E-state index contributed by atoms with van der Waals surface area (Å²) in [4.78, 5) is 13.0. The lowest BCUT2D eigenvalue weighted by Crippen LogP contribution is -2.23. The Kier molecular flexibility index (Phi) is 3.71. The summed E-state index contributed by atoms with van der Waals surface area (Å²) in [6.07, 6.45) is 0. The van der Waals surface area contributed by atoms with Gasteiger partial charge in [0.2, 0.25) is 0 Å². The molecule has 0 N–H and O–H groups in total. The summed E-state index contributed by atoms with van der Waals surface area (Å²) in [5, 5.41) is 0. The molecule has 0 spiro atoms. The number of amides is 1. The molecule has 0 aliphatic rings. The molecule has 0 bridgehead atoms. The molecule has 16 heavy (non-hydrogen) atoms. The first-order valence-electron chi connectivity index (χ1n) is 4.65. The lowest BCUT2D eigenvalue weighted by molar-refractivity contribution is 0.0818. The van der Waals surface area contributed by atoms with Crippen LogP contribution in [0.1, 0.15) is 10.4 Å². The van der Waals surface area contributed by atoms with Crippen molar-refractivity contribution >= 4 is 5.91 Å². The van der Waals surface area contributed by atoms with E-state index in [-0.39, 0.29) is 11.3 Å². The van der Waals surface area contributed by atoms with E-state index in [0.29, 0.717) is 5.75 Å². The van der Waals surface area contributed by atoms with Crippen LogP contribution in [0, 0.1) is 5.82 Å². The molecule has 4 nitrogen and oxygen atoms in total. The number of ether oxygens (including phenoxy) is 2. The minimum Gasteiger partial charge on any atom is -0.493 e. The Morgan fingerprint density at radius 3 is 2.31 bits per heavy atom. The maximum Gasteiger partial charge on any atom is 0.260 e. The molecule has 0 aliphatic heterocycles. The van der Waals surface area contributed by atoms with Crippen molar-refractivity contribution in [3.8, 4) is 11.5 Å². The van der Waals surface area contributed by atoms with Crippen LogP contribution < -0.4 is 9.47 Å². The summed E-state index contributed by atoms with van der Waals surface area (Å²) in [6.45, 7) is 0. The Labute approximate surface area is 93.6 Å². The number of methoxy groups -OCH3 is 2. The molecule has 0 saturated carbocycles. The summed E-state index contributed by atoms with van der Waals surface area (Å²) in [5.74, 6) is -0.653. The molecule has 0 radical (unpaired) electrons. The smallest absolute Gasteiger partial charge is 0.260 e. The van der Waals surface area contributed by atoms with Crippen molar-refractivity contribution in [1.29, 1.82) is 0 Å². The van der Waals surface area contributed by atoms with Crippen LogP contribution in [0.4, 0.5) is 4.39 Å². The van der Waals surface area contributed by atoms with Gasteiger partial charge in [0.15, 0.2) is 11.5 Å². The Bertz CT molecular complexity index is 404. The second-order valence-corrected chi connectivity index (χ2v) is 3.36. The molecule has 1 aromatic carbocycles. The third-order valence-corrected chi connectivity index (χ3v) is 2.11. The van der Waals surface area contributed by atoms with E-state index in [1.165, 1.54) is 31.3 Å². The Morgan fingerprint density at radius 1 is 1.25 bits per heavy atom. The first kappa shape index (κ1) is 12.3. The van der Waals surface area contributed by atoms with Crippen molar-refractivity contribution in [2.45, 2.75) is 0 Å². The molecular weight excluding hydrogens is 213 g/mol. The van der Waals surface area contributed by atoms with Gasteiger partial charge in [0.1, 0.15) is 11.4 Å². The van der Waals surface area contributed by atoms with Crippen molar-refractivity contribution in [2.75, 3.05) is 28.3 Å². The third-order valence-electron chi connectivity index (χ3n) is 2.11. The number of nitrogens with zero attached hydrogens (tertiary/aromatic N) is 1. The van der Waals surface area contributed by atoms with E-state index < -0.39 is 11.7 Å². The average Bonchev–Trinajstić information content (AvgIpc) is 2.27. The minimum atomic E-state index is -0.628. The molecule has 0 aromatic heterocycles. The summed E-state index contributed by atoms with van der Waals surface area (Å²) < 4.78 is 23.6. The largest absolute Gasteiger partial charge is 0.493 e. The van der Waals surface area contributed by atoms with Gasteiger partial charge in [-0.3, -0.25) is 4.79 Å². The van der Waals surface area contributed by atoms with E-state index in [2.05, 4.69) is 0 Å². The SMILES string of the molecule is COc1ccc(F)c(C(=O)N(C)C)c1OC. The van der Waals surface area contributed by atoms with E-state index in [1.54, 1.807) is 14.1 Å². The van der Waals surface area contributed by atoms with E-state index in [1.807, 2.05) is 0 Å². The fraction of sp³-hybridized carbons (Fsp3) is 0.364. The van der Waals surface area contributed by atoms with Gasteiger partial charge in [-0.25, -0.2) is 4.39 Å². The molecule has 1 rings (SSSR count). The molecule has 0 heterocycles. The van der Waals surface area contributed by atoms with Gasteiger partial charge in [-0.2, -0.15) is 0 Å². The number of benzene rings is 1. The normalized spacial score (nSPS) is 9.81. The molecule has 0 aliphatic carbocycles. The summed E-state index contributed by atoms with van der Waals surface area (Å²) >= 11 is 0. The predicted octanol–water partition coefficient (Wildman–Crippen LogP) is 1.54. The zero-order valence-electron chi connectivity index (χ0n) is 9.70. The van der Waals surface area contributed by atoms with Crippen LogP contribution in [0.3, 0.4) is 0 Å². The van der Waals surface area contributed by atoms with Gasteiger partial charge in [-0.05, 0) is 12.1 Å². The quantitative estimate of drug-likeness (QED) is 0.786. The summed E-state index contributed by atoms with van der Waals surface area (Å²) in [6, 6.07) is 2.60. The topological polar surface area (TPSA) is 38.8 Å². The highest BCUT2D eigenvalue weighted by Gasteiger charge is 2.22. The zero-order valence-corrected chi connectivity index (χ0v) is 9.70. The van der Waals surface area contributed by atoms with E-state index in [0.717, 1.165) is 0 Å². The van der Waals surface area contributed by atoms with E-state index in [4.69, 9.17) is 9.47 Å². The molecule has 1 amide bonds. The summed E-state index contributed by atoms with van der Waals surface area (Å²) in [7, 11) is 5.88. The fourth-order valence-electron chi connectivity index (χ4n) is 1.33. The van der Waals surface area contributed by atoms with Crippen molar-refractivity contribution in [1.82, 2.24) is 4.90 Å². The average molecular weight is 227 g/mol. The van der Waals surface area contributed by atoms with E-state index >= 15 is 0 Å². The number of hydrogen-bond donors (Lipinski definition) is 0. The Balaban J connectivity index is 3.40. The zero-order chi connectivity index (χ0) is 12.3. The van der Waals surface area contributed by atoms with Gasteiger partial charge in [0, 0.05) is 14.1 Å². The Morgan fingerprint density at radius 2 is 1.88 bits per heavy atom. The first-order chi connectivity index (χ1) is 7.52. The molecule has 88 valence electrons. The van der Waals surface area contributed by atoms with Crippen LogP contribution >= 0.6 is 0 Å². The van der Waals surface area contributed by atoms with Gasteiger partial charge in [-0.1, -0.05) is 0 Å². The number of carbonyl (C=O) groups excluding carboxylic acids is 1. The highest BCUT2D eigenvalue weighted by Crippen LogP contribution is 2.33. The van der Waals surface area contributed by atoms with Gasteiger partial charge < -0.3 is 14.4 Å². The minimum absolute atomic E-state index is 0.112. The Hall–Kier alpha value is -1.78. The first-order valence-corrected chi connectivity index (χ1v) is 4.65. The van der Waals surface area contributed by atoms with Gasteiger partial charge in [-0.15, -0.1) is 0 Å². The van der Waals surface area contributed by atoms with Gasteiger partial charge in [0.05, 0.1) is 14.2 Å². The van der Waals surface area contributed by atoms with Crippen molar-refractivity contribution in [3.05, 3.63) is 23.5 Å². The molecule has 0 fully saturated rings. The molecule has 0 unspecified atom stereocenters. The molecule has 1 aromatic rings. The van der Waals surface area contributed by atoms with Crippen molar-refractivity contribution in [2.24, 2.45) is 0 Å². The maximum atomic E-state index is 13.6. The highest BCUT2D eigenvalue weighted by molar-refractivity contribution is 5.97. The lowest BCUT2D eigenvalue weighted by Gasteiger charge is -2.16. The molecule has 0 saturated heterocycles. The third kappa shape index (κ3) is 2.08. The van der Waals surface area contributed by atoms with Crippen molar-refractivity contribution in [3.63, 3.8) is 0 Å². The number of carbonyl (C=O) groups is 1. The van der Waals surface area contributed by atoms with Gasteiger partial charge in [0.25, 0.3) is 5.91 Å². The van der Waals surface area contributed by atoms with Crippen LogP contribution in [0.15, 0.2) is 12.1 Å². The molecule has 0 atom stereocenters. The second-order valence-electron chi connectivity index (χ2n) is 3.36. The fourth-order valence-corrected chi connectivity index (χ4v) is 1.33. The van der Waals surface area contributed by atoms with Crippen LogP contribution in [-0.2, 0) is 0 Å². The standard InChI is InChI=1S/C11H14FNO3/c1-13(2)11(14)9-7(12)5-6-8(15-3)10(9)16-4/h5-6H,1-4H3. The highest BCUT2D eigenvalue weighted by atomic mass is 19.1. The number of hydrogen-bond acceptors (Lipinski definition) is 3. The number of halogens is 1. The molecule has 5 heteroatoms. The van der Waals surface area contributed by atoms with Gasteiger partial charge >= 0.3 is 0 Å². The van der Waals surface area contributed by atoms with Crippen LogP contribution in [0.5, 0.6) is 11.5 Å². The van der Waals surface area contributed by atoms with Crippen LogP contribution in [-0.4, -0.2) is 39.1 Å². The monoisotopic (exact) mass is 227 g/mol.